The molecule has 0 saturated heterocycles. The Labute approximate surface area is 111 Å². The Morgan fingerprint density at radius 3 is 2.63 bits per heavy atom. The highest BCUT2D eigenvalue weighted by Crippen LogP contribution is 2.10. The maximum absolute atomic E-state index is 11.2. The van der Waals surface area contributed by atoms with E-state index < -0.39 is 11.9 Å². The largest absolute Gasteiger partial charge is 0.481 e. The molecule has 0 bridgehead atoms. The van der Waals surface area contributed by atoms with Gasteiger partial charge >= 0.3 is 11.9 Å². The lowest BCUT2D eigenvalue weighted by molar-refractivity contribution is -0.137. The van der Waals surface area contributed by atoms with Gasteiger partial charge < -0.3 is 15.2 Å². The van der Waals surface area contributed by atoms with Gasteiger partial charge in [-0.15, -0.1) is 10.2 Å². The SMILES string of the molecule is CCCC(CC(=O)O)Nc1ccc(C(=O)OC)nn1. The maximum Gasteiger partial charge on any atom is 0.358 e. The highest BCUT2D eigenvalue weighted by atomic mass is 16.5. The zero-order valence-corrected chi connectivity index (χ0v) is 10.9. The van der Waals surface area contributed by atoms with Crippen molar-refractivity contribution in [2.24, 2.45) is 0 Å². The molecule has 0 radical (unpaired) electrons. The van der Waals surface area contributed by atoms with E-state index in [1.165, 1.54) is 13.2 Å². The van der Waals surface area contributed by atoms with Crippen LogP contribution in [0.4, 0.5) is 5.82 Å². The van der Waals surface area contributed by atoms with Crippen molar-refractivity contribution < 1.29 is 19.4 Å². The van der Waals surface area contributed by atoms with Gasteiger partial charge in [0.15, 0.2) is 5.69 Å². The van der Waals surface area contributed by atoms with E-state index in [1.807, 2.05) is 6.92 Å². The fourth-order valence-corrected chi connectivity index (χ4v) is 1.62. The topological polar surface area (TPSA) is 101 Å². The van der Waals surface area contributed by atoms with Crippen LogP contribution < -0.4 is 5.32 Å². The minimum atomic E-state index is -0.870. The maximum atomic E-state index is 11.2. The van der Waals surface area contributed by atoms with Gasteiger partial charge in [0, 0.05) is 6.04 Å². The molecule has 1 aromatic rings. The first kappa shape index (κ1) is 14.9. The van der Waals surface area contributed by atoms with Crippen LogP contribution in [-0.2, 0) is 9.53 Å². The third-order valence-electron chi connectivity index (χ3n) is 2.47. The van der Waals surface area contributed by atoms with Gasteiger partial charge in [-0.1, -0.05) is 13.3 Å². The number of nitrogens with one attached hydrogen (secondary N) is 1. The average Bonchev–Trinajstić information content (AvgIpc) is 2.38. The number of carbonyl (C=O) groups excluding carboxylic acids is 1. The lowest BCUT2D eigenvalue weighted by Crippen LogP contribution is -2.23. The molecular formula is C12H17N3O4. The molecule has 7 nitrogen and oxygen atoms in total. The van der Waals surface area contributed by atoms with E-state index in [-0.39, 0.29) is 18.2 Å². The highest BCUT2D eigenvalue weighted by Gasteiger charge is 2.14. The van der Waals surface area contributed by atoms with Crippen LogP contribution in [0, 0.1) is 0 Å². The number of carboxylic acids is 1. The molecule has 1 atom stereocenters. The summed E-state index contributed by atoms with van der Waals surface area (Å²) in [6, 6.07) is 2.84. The predicted octanol–water partition coefficient (Wildman–Crippen LogP) is 1.32. The van der Waals surface area contributed by atoms with E-state index in [2.05, 4.69) is 20.3 Å². The van der Waals surface area contributed by atoms with Crippen LogP contribution >= 0.6 is 0 Å². The van der Waals surface area contributed by atoms with Crippen LogP contribution in [0.15, 0.2) is 12.1 Å². The van der Waals surface area contributed by atoms with Crippen LogP contribution in [0.25, 0.3) is 0 Å². The number of hydrogen-bond donors (Lipinski definition) is 2. The molecule has 1 aromatic heterocycles. The van der Waals surface area contributed by atoms with E-state index in [0.29, 0.717) is 12.2 Å². The molecule has 0 aliphatic heterocycles. The molecule has 0 saturated carbocycles. The molecule has 2 N–H and O–H groups in total. The Morgan fingerprint density at radius 2 is 2.16 bits per heavy atom. The molecular weight excluding hydrogens is 250 g/mol. The molecule has 1 unspecified atom stereocenters. The molecule has 1 heterocycles. The van der Waals surface area contributed by atoms with Gasteiger partial charge in [0.25, 0.3) is 0 Å². The van der Waals surface area contributed by atoms with Gasteiger partial charge in [-0.05, 0) is 18.6 Å². The second-order valence-electron chi connectivity index (χ2n) is 4.02. The molecule has 0 amide bonds. The van der Waals surface area contributed by atoms with Gasteiger partial charge in [0.1, 0.15) is 5.82 Å². The summed E-state index contributed by atoms with van der Waals surface area (Å²) in [6.45, 7) is 1.97. The predicted molar refractivity (Wildman–Crippen MR) is 67.9 cm³/mol. The Morgan fingerprint density at radius 1 is 1.42 bits per heavy atom. The summed E-state index contributed by atoms with van der Waals surface area (Å²) in [7, 11) is 1.26. The van der Waals surface area contributed by atoms with Crippen molar-refractivity contribution in [1.29, 1.82) is 0 Å². The van der Waals surface area contributed by atoms with Gasteiger partial charge in [0.2, 0.25) is 0 Å². The van der Waals surface area contributed by atoms with E-state index in [0.717, 1.165) is 6.42 Å². The van der Waals surface area contributed by atoms with Gasteiger partial charge in [0.05, 0.1) is 13.5 Å². The first-order chi connectivity index (χ1) is 9.06. The van der Waals surface area contributed by atoms with E-state index in [4.69, 9.17) is 5.11 Å². The van der Waals surface area contributed by atoms with Crippen molar-refractivity contribution >= 4 is 17.8 Å². The summed E-state index contributed by atoms with van der Waals surface area (Å²) in [5.74, 6) is -0.993. The molecule has 1 rings (SSSR count). The number of anilines is 1. The normalized spacial score (nSPS) is 11.7. The quantitative estimate of drug-likeness (QED) is 0.718. The van der Waals surface area contributed by atoms with Crippen LogP contribution in [-0.4, -0.2) is 40.4 Å². The summed E-state index contributed by atoms with van der Waals surface area (Å²) in [5.41, 5.74) is 0.110. The summed E-state index contributed by atoms with van der Waals surface area (Å²) in [4.78, 5) is 21.9. The Kier molecular flexibility index (Phi) is 5.72. The Balaban J connectivity index is 2.68. The summed E-state index contributed by atoms with van der Waals surface area (Å²) >= 11 is 0. The van der Waals surface area contributed by atoms with Gasteiger partial charge in [-0.2, -0.15) is 0 Å². The van der Waals surface area contributed by atoms with E-state index >= 15 is 0 Å². The number of rotatable bonds is 7. The number of aliphatic carboxylic acids is 1. The molecule has 0 spiro atoms. The Hall–Kier alpha value is -2.18. The highest BCUT2D eigenvalue weighted by molar-refractivity contribution is 5.86. The summed E-state index contributed by atoms with van der Waals surface area (Å²) in [6.07, 6.45) is 1.58. The first-order valence-corrected chi connectivity index (χ1v) is 5.97. The third kappa shape index (κ3) is 4.90. The number of ether oxygens (including phenoxy) is 1. The molecule has 7 heteroatoms. The fraction of sp³-hybridized carbons (Fsp3) is 0.500. The molecule has 104 valence electrons. The fourth-order valence-electron chi connectivity index (χ4n) is 1.62. The number of carboxylic acid groups (broad SMARTS) is 1. The summed E-state index contributed by atoms with van der Waals surface area (Å²) < 4.78 is 4.51. The van der Waals surface area contributed by atoms with Crippen LogP contribution in [0.1, 0.15) is 36.7 Å². The van der Waals surface area contributed by atoms with Crippen molar-refractivity contribution in [2.45, 2.75) is 32.2 Å². The minimum Gasteiger partial charge on any atom is -0.481 e. The summed E-state index contributed by atoms with van der Waals surface area (Å²) in [5, 5.41) is 19.3. The number of carbonyl (C=O) groups is 2. The minimum absolute atomic E-state index is 0.00821. The van der Waals surface area contributed by atoms with Crippen molar-refractivity contribution in [2.75, 3.05) is 12.4 Å². The number of aromatic nitrogens is 2. The number of nitrogens with zero attached hydrogens (tertiary/aromatic N) is 2. The van der Waals surface area contributed by atoms with Gasteiger partial charge in [-0.25, -0.2) is 4.79 Å². The lowest BCUT2D eigenvalue weighted by Gasteiger charge is -2.16. The van der Waals surface area contributed by atoms with Crippen LogP contribution in [0.5, 0.6) is 0 Å². The lowest BCUT2D eigenvalue weighted by atomic mass is 10.1. The zero-order chi connectivity index (χ0) is 14.3. The number of methoxy groups -OCH3 is 1. The molecule has 0 aliphatic rings. The average molecular weight is 267 g/mol. The number of esters is 1. The third-order valence-corrected chi connectivity index (χ3v) is 2.47. The van der Waals surface area contributed by atoms with Crippen molar-refractivity contribution in [3.63, 3.8) is 0 Å². The van der Waals surface area contributed by atoms with Gasteiger partial charge in [-0.3, -0.25) is 4.79 Å². The molecule has 0 fully saturated rings. The second-order valence-corrected chi connectivity index (χ2v) is 4.02. The standard InChI is InChI=1S/C12H17N3O4/c1-3-4-8(7-11(16)17)13-10-6-5-9(14-15-10)12(18)19-2/h5-6,8H,3-4,7H2,1-2H3,(H,13,15)(H,16,17). The smallest absolute Gasteiger partial charge is 0.358 e. The van der Waals surface area contributed by atoms with Crippen molar-refractivity contribution in [3.05, 3.63) is 17.8 Å². The number of hydrogen-bond acceptors (Lipinski definition) is 6. The molecule has 19 heavy (non-hydrogen) atoms. The van der Waals surface area contributed by atoms with Crippen molar-refractivity contribution in [1.82, 2.24) is 10.2 Å². The van der Waals surface area contributed by atoms with E-state index in [1.54, 1.807) is 6.07 Å². The van der Waals surface area contributed by atoms with Crippen LogP contribution in [0.3, 0.4) is 0 Å². The molecule has 0 aromatic carbocycles. The monoisotopic (exact) mass is 267 g/mol. The molecule has 0 aliphatic carbocycles. The first-order valence-electron chi connectivity index (χ1n) is 5.97. The van der Waals surface area contributed by atoms with Crippen molar-refractivity contribution in [3.8, 4) is 0 Å². The van der Waals surface area contributed by atoms with E-state index in [9.17, 15) is 9.59 Å². The Bertz CT molecular complexity index is 433. The zero-order valence-electron chi connectivity index (χ0n) is 10.9. The van der Waals surface area contributed by atoms with Crippen LogP contribution in [0.2, 0.25) is 0 Å². The second kappa shape index (κ2) is 7.30.